The number of hydrogen-bond acceptors (Lipinski definition) is 0. The summed E-state index contributed by atoms with van der Waals surface area (Å²) in [4.78, 5) is 0. The average molecular weight is 243 g/mol. The highest BCUT2D eigenvalue weighted by molar-refractivity contribution is 9.10. The zero-order valence-corrected chi connectivity index (χ0v) is 9.14. The lowest BCUT2D eigenvalue weighted by Crippen LogP contribution is -1.98. The molecule has 0 saturated heterocycles. The van der Waals surface area contributed by atoms with E-state index in [0.717, 1.165) is 10.0 Å². The van der Waals surface area contributed by atoms with Crippen LogP contribution < -0.4 is 0 Å². The van der Waals surface area contributed by atoms with Crippen LogP contribution in [0.2, 0.25) is 0 Å². The first-order chi connectivity index (χ1) is 6.13. The summed E-state index contributed by atoms with van der Waals surface area (Å²) in [7, 11) is 0. The molecular formula is C11H12BrF. The fourth-order valence-corrected chi connectivity index (χ4v) is 1.54. The fraction of sp³-hybridized carbons (Fsp3) is 0.273. The summed E-state index contributed by atoms with van der Waals surface area (Å²) in [5.74, 6) is 0.167. The van der Waals surface area contributed by atoms with Crippen molar-refractivity contribution in [2.75, 3.05) is 0 Å². The zero-order valence-electron chi connectivity index (χ0n) is 7.56. The molecule has 1 unspecified atom stereocenters. The predicted octanol–water partition coefficient (Wildman–Crippen LogP) is 3.95. The van der Waals surface area contributed by atoms with Gasteiger partial charge in [0.05, 0.1) is 0 Å². The molecule has 0 bridgehead atoms. The molecular weight excluding hydrogens is 231 g/mol. The minimum atomic E-state index is -0.142. The molecule has 0 radical (unpaired) electrons. The summed E-state index contributed by atoms with van der Waals surface area (Å²) in [5.41, 5.74) is 0.738. The Morgan fingerprint density at radius 2 is 2.31 bits per heavy atom. The van der Waals surface area contributed by atoms with Gasteiger partial charge in [-0.15, -0.1) is 6.58 Å². The van der Waals surface area contributed by atoms with Crippen LogP contribution in [0.1, 0.15) is 12.5 Å². The third-order valence-electron chi connectivity index (χ3n) is 1.95. The molecule has 0 amide bonds. The molecule has 0 aliphatic heterocycles. The maximum atomic E-state index is 13.2. The van der Waals surface area contributed by atoms with E-state index in [1.165, 1.54) is 6.07 Å². The van der Waals surface area contributed by atoms with Gasteiger partial charge in [0, 0.05) is 4.47 Å². The Bertz CT molecular complexity index is 307. The van der Waals surface area contributed by atoms with Gasteiger partial charge in [0.1, 0.15) is 5.82 Å². The van der Waals surface area contributed by atoms with Crippen LogP contribution in [0.3, 0.4) is 0 Å². The van der Waals surface area contributed by atoms with Gasteiger partial charge in [0.15, 0.2) is 0 Å². The fourth-order valence-electron chi connectivity index (χ4n) is 1.13. The standard InChI is InChI=1S/C11H12BrF/c1-3-8(2)6-9-7-10(12)4-5-11(9)13/h3-5,7-8H,1,6H2,2H3. The first kappa shape index (κ1) is 10.5. The first-order valence-corrected chi connectivity index (χ1v) is 4.99. The van der Waals surface area contributed by atoms with Gasteiger partial charge in [0.25, 0.3) is 0 Å². The third kappa shape index (κ3) is 2.96. The van der Waals surface area contributed by atoms with Crippen LogP contribution in [0, 0.1) is 11.7 Å². The van der Waals surface area contributed by atoms with E-state index < -0.39 is 0 Å². The monoisotopic (exact) mass is 242 g/mol. The molecule has 0 N–H and O–H groups in total. The van der Waals surface area contributed by atoms with Crippen molar-refractivity contribution in [3.8, 4) is 0 Å². The number of benzene rings is 1. The summed E-state index contributed by atoms with van der Waals surface area (Å²) in [6, 6.07) is 5.00. The van der Waals surface area contributed by atoms with Crippen LogP contribution in [0.25, 0.3) is 0 Å². The molecule has 70 valence electrons. The van der Waals surface area contributed by atoms with Gasteiger partial charge in [-0.05, 0) is 36.1 Å². The lowest BCUT2D eigenvalue weighted by Gasteiger charge is -2.07. The highest BCUT2D eigenvalue weighted by Gasteiger charge is 2.05. The van der Waals surface area contributed by atoms with E-state index in [1.807, 2.05) is 19.1 Å². The van der Waals surface area contributed by atoms with Gasteiger partial charge < -0.3 is 0 Å². The van der Waals surface area contributed by atoms with Gasteiger partial charge in [-0.1, -0.05) is 28.9 Å². The Morgan fingerprint density at radius 1 is 1.62 bits per heavy atom. The van der Waals surface area contributed by atoms with Crippen molar-refractivity contribution in [2.24, 2.45) is 5.92 Å². The van der Waals surface area contributed by atoms with Crippen LogP contribution in [0.4, 0.5) is 4.39 Å². The molecule has 1 atom stereocenters. The molecule has 0 saturated carbocycles. The summed E-state index contributed by atoms with van der Waals surface area (Å²) >= 11 is 3.32. The zero-order chi connectivity index (χ0) is 9.84. The Hall–Kier alpha value is -0.630. The van der Waals surface area contributed by atoms with Crippen molar-refractivity contribution in [1.29, 1.82) is 0 Å². The molecule has 0 aliphatic carbocycles. The van der Waals surface area contributed by atoms with Crippen molar-refractivity contribution >= 4 is 15.9 Å². The number of rotatable bonds is 3. The second kappa shape index (κ2) is 4.56. The van der Waals surface area contributed by atoms with Gasteiger partial charge >= 0.3 is 0 Å². The van der Waals surface area contributed by atoms with E-state index >= 15 is 0 Å². The van der Waals surface area contributed by atoms with Crippen LogP contribution in [0.5, 0.6) is 0 Å². The quantitative estimate of drug-likeness (QED) is 0.705. The summed E-state index contributed by atoms with van der Waals surface area (Å²) in [5, 5.41) is 0. The highest BCUT2D eigenvalue weighted by atomic mass is 79.9. The molecule has 0 spiro atoms. The molecule has 1 aromatic carbocycles. The van der Waals surface area contributed by atoms with Crippen molar-refractivity contribution in [2.45, 2.75) is 13.3 Å². The maximum Gasteiger partial charge on any atom is 0.126 e. The highest BCUT2D eigenvalue weighted by Crippen LogP contribution is 2.18. The predicted molar refractivity (Wildman–Crippen MR) is 57.2 cm³/mol. The smallest absolute Gasteiger partial charge is 0.126 e. The van der Waals surface area contributed by atoms with Crippen molar-refractivity contribution < 1.29 is 4.39 Å². The lowest BCUT2D eigenvalue weighted by molar-refractivity contribution is 0.591. The molecule has 0 aromatic heterocycles. The number of hydrogen-bond donors (Lipinski definition) is 0. The van der Waals surface area contributed by atoms with Crippen LogP contribution >= 0.6 is 15.9 Å². The minimum Gasteiger partial charge on any atom is -0.207 e. The molecule has 0 nitrogen and oxygen atoms in total. The van der Waals surface area contributed by atoms with Crippen LogP contribution in [-0.2, 0) is 6.42 Å². The number of allylic oxidation sites excluding steroid dienone is 1. The SMILES string of the molecule is C=CC(C)Cc1cc(Br)ccc1F. The molecule has 13 heavy (non-hydrogen) atoms. The average Bonchev–Trinajstić information content (AvgIpc) is 2.11. The molecule has 2 heteroatoms. The van der Waals surface area contributed by atoms with E-state index in [2.05, 4.69) is 22.5 Å². The van der Waals surface area contributed by atoms with Gasteiger partial charge in [-0.3, -0.25) is 0 Å². The second-order valence-corrected chi connectivity index (χ2v) is 4.07. The first-order valence-electron chi connectivity index (χ1n) is 4.20. The molecule has 1 aromatic rings. The van der Waals surface area contributed by atoms with Crippen molar-refractivity contribution in [1.82, 2.24) is 0 Å². The van der Waals surface area contributed by atoms with Crippen molar-refractivity contribution in [3.05, 3.63) is 46.7 Å². The number of halogens is 2. The van der Waals surface area contributed by atoms with E-state index in [9.17, 15) is 4.39 Å². The maximum absolute atomic E-state index is 13.2. The molecule has 0 heterocycles. The normalized spacial score (nSPS) is 12.5. The summed E-state index contributed by atoms with van der Waals surface area (Å²) in [6.45, 7) is 5.70. The summed E-state index contributed by atoms with van der Waals surface area (Å²) < 4.78 is 14.1. The van der Waals surface area contributed by atoms with Gasteiger partial charge in [-0.2, -0.15) is 0 Å². The topological polar surface area (TPSA) is 0 Å². The minimum absolute atomic E-state index is 0.142. The molecule has 0 aliphatic rings. The Balaban J connectivity index is 2.86. The van der Waals surface area contributed by atoms with E-state index in [0.29, 0.717) is 12.3 Å². The van der Waals surface area contributed by atoms with E-state index in [-0.39, 0.29) is 5.82 Å². The molecule has 0 fully saturated rings. The van der Waals surface area contributed by atoms with E-state index in [4.69, 9.17) is 0 Å². The largest absolute Gasteiger partial charge is 0.207 e. The lowest BCUT2D eigenvalue weighted by atomic mass is 10.0. The Labute approximate surface area is 86.6 Å². The van der Waals surface area contributed by atoms with Crippen LogP contribution in [0.15, 0.2) is 35.3 Å². The Kier molecular flexibility index (Phi) is 3.67. The van der Waals surface area contributed by atoms with Gasteiger partial charge in [0.2, 0.25) is 0 Å². The van der Waals surface area contributed by atoms with E-state index in [1.54, 1.807) is 6.07 Å². The third-order valence-corrected chi connectivity index (χ3v) is 2.45. The summed E-state index contributed by atoms with van der Waals surface area (Å²) in [6.07, 6.45) is 2.54. The van der Waals surface area contributed by atoms with Crippen molar-refractivity contribution in [3.63, 3.8) is 0 Å². The second-order valence-electron chi connectivity index (χ2n) is 3.15. The molecule has 1 rings (SSSR count). The van der Waals surface area contributed by atoms with Crippen LogP contribution in [-0.4, -0.2) is 0 Å². The Morgan fingerprint density at radius 3 is 2.92 bits per heavy atom. The van der Waals surface area contributed by atoms with Gasteiger partial charge in [-0.25, -0.2) is 4.39 Å².